The van der Waals surface area contributed by atoms with E-state index < -0.39 is 14.4 Å². The second kappa shape index (κ2) is 5.16. The van der Waals surface area contributed by atoms with Gasteiger partial charge in [0.2, 0.25) is 0 Å². The molecule has 0 N–H and O–H groups in total. The van der Waals surface area contributed by atoms with Crippen LogP contribution < -0.4 is 0 Å². The molecule has 1 unspecified atom stereocenters. The molecule has 0 saturated heterocycles. The summed E-state index contributed by atoms with van der Waals surface area (Å²) in [5.74, 6) is 0. The van der Waals surface area contributed by atoms with Crippen molar-refractivity contribution in [1.82, 2.24) is 0 Å². The number of benzene rings is 2. The largest absolute Gasteiger partial charge is 0.399 e. The molecule has 0 bridgehead atoms. The summed E-state index contributed by atoms with van der Waals surface area (Å²) in [4.78, 5) is 0. The van der Waals surface area contributed by atoms with Crippen molar-refractivity contribution in [1.29, 1.82) is 5.26 Å². The fourth-order valence-electron chi connectivity index (χ4n) is 2.26. The number of fused-ring (bicyclic) bond motifs is 1. The van der Waals surface area contributed by atoms with Crippen molar-refractivity contribution in [2.45, 2.75) is 32.7 Å². The quantitative estimate of drug-likeness (QED) is 0.765. The van der Waals surface area contributed by atoms with E-state index >= 15 is 0 Å². The Labute approximate surface area is 115 Å². The summed E-state index contributed by atoms with van der Waals surface area (Å²) in [6.07, 6.45) is -0.474. The summed E-state index contributed by atoms with van der Waals surface area (Å²) in [5, 5.41) is 11.7. The van der Waals surface area contributed by atoms with E-state index in [-0.39, 0.29) is 0 Å². The van der Waals surface area contributed by atoms with Crippen molar-refractivity contribution in [3.8, 4) is 6.07 Å². The SMILES string of the molecule is Cc1ccc2ccccc2c1C(C#N)O[Si](C)(C)C. The van der Waals surface area contributed by atoms with E-state index in [0.717, 1.165) is 21.9 Å². The van der Waals surface area contributed by atoms with Crippen LogP contribution in [0, 0.1) is 18.3 Å². The van der Waals surface area contributed by atoms with Crippen LogP contribution in [-0.4, -0.2) is 8.32 Å². The third kappa shape index (κ3) is 3.03. The zero-order valence-corrected chi connectivity index (χ0v) is 12.9. The lowest BCUT2D eigenvalue weighted by Crippen LogP contribution is -2.27. The molecule has 2 nitrogen and oxygen atoms in total. The average Bonchev–Trinajstić information content (AvgIpc) is 2.35. The van der Waals surface area contributed by atoms with Crippen LogP contribution in [0.25, 0.3) is 10.8 Å². The van der Waals surface area contributed by atoms with Crippen LogP contribution >= 0.6 is 0 Å². The molecule has 0 saturated carbocycles. The first-order chi connectivity index (χ1) is 8.92. The zero-order chi connectivity index (χ0) is 14.0. The van der Waals surface area contributed by atoms with E-state index in [1.165, 1.54) is 0 Å². The van der Waals surface area contributed by atoms with Crippen molar-refractivity contribution >= 4 is 19.1 Å². The smallest absolute Gasteiger partial charge is 0.186 e. The van der Waals surface area contributed by atoms with E-state index in [2.05, 4.69) is 50.0 Å². The molecule has 0 amide bonds. The van der Waals surface area contributed by atoms with Crippen molar-refractivity contribution in [2.24, 2.45) is 0 Å². The molecule has 0 aliphatic heterocycles. The van der Waals surface area contributed by atoms with Gasteiger partial charge in [-0.1, -0.05) is 36.4 Å². The normalized spacial score (nSPS) is 13.2. The van der Waals surface area contributed by atoms with E-state index in [0.29, 0.717) is 0 Å². The highest BCUT2D eigenvalue weighted by Gasteiger charge is 2.24. The molecule has 0 aliphatic carbocycles. The predicted octanol–water partition coefficient (Wildman–Crippen LogP) is 4.56. The van der Waals surface area contributed by atoms with Crippen LogP contribution in [0.15, 0.2) is 36.4 Å². The molecule has 1 atom stereocenters. The monoisotopic (exact) mass is 269 g/mol. The molecule has 2 aromatic rings. The van der Waals surface area contributed by atoms with Crippen LogP contribution in [0.5, 0.6) is 0 Å². The van der Waals surface area contributed by atoms with Gasteiger partial charge in [0.1, 0.15) is 0 Å². The van der Waals surface area contributed by atoms with Crippen LogP contribution in [0.1, 0.15) is 17.2 Å². The lowest BCUT2D eigenvalue weighted by molar-refractivity contribution is 0.256. The summed E-state index contributed by atoms with van der Waals surface area (Å²) < 4.78 is 6.04. The number of rotatable bonds is 3. The number of hydrogen-bond donors (Lipinski definition) is 0. The lowest BCUT2D eigenvalue weighted by Gasteiger charge is -2.24. The van der Waals surface area contributed by atoms with E-state index in [4.69, 9.17) is 4.43 Å². The predicted molar refractivity (Wildman–Crippen MR) is 81.5 cm³/mol. The molecular formula is C16H19NOSi. The van der Waals surface area contributed by atoms with E-state index in [1.54, 1.807) is 0 Å². The highest BCUT2D eigenvalue weighted by molar-refractivity contribution is 6.69. The Hall–Kier alpha value is -1.63. The van der Waals surface area contributed by atoms with Gasteiger partial charge in [-0.2, -0.15) is 5.26 Å². The molecule has 0 fully saturated rings. The minimum Gasteiger partial charge on any atom is -0.399 e. The van der Waals surface area contributed by atoms with Gasteiger partial charge >= 0.3 is 0 Å². The molecule has 98 valence electrons. The van der Waals surface area contributed by atoms with Gasteiger partial charge in [0.15, 0.2) is 14.4 Å². The average molecular weight is 269 g/mol. The van der Waals surface area contributed by atoms with E-state index in [9.17, 15) is 5.26 Å². The summed E-state index contributed by atoms with van der Waals surface area (Å²) in [6, 6.07) is 14.6. The van der Waals surface area contributed by atoms with Gasteiger partial charge in [0, 0.05) is 5.56 Å². The maximum atomic E-state index is 9.47. The summed E-state index contributed by atoms with van der Waals surface area (Å²) in [7, 11) is -1.76. The molecule has 0 aliphatic rings. The van der Waals surface area contributed by atoms with Crippen molar-refractivity contribution in [3.05, 3.63) is 47.5 Å². The number of hydrogen-bond acceptors (Lipinski definition) is 2. The van der Waals surface area contributed by atoms with Crippen LogP contribution in [0.4, 0.5) is 0 Å². The second-order valence-corrected chi connectivity index (χ2v) is 10.2. The molecule has 2 rings (SSSR count). The molecule has 19 heavy (non-hydrogen) atoms. The maximum Gasteiger partial charge on any atom is 0.186 e. The molecular weight excluding hydrogens is 250 g/mol. The van der Waals surface area contributed by atoms with Crippen LogP contribution in [-0.2, 0) is 4.43 Å². The third-order valence-electron chi connectivity index (χ3n) is 3.04. The number of aryl methyl sites for hydroxylation is 1. The van der Waals surface area contributed by atoms with Gasteiger partial charge in [0.25, 0.3) is 0 Å². The van der Waals surface area contributed by atoms with Gasteiger partial charge in [-0.05, 0) is 42.9 Å². The van der Waals surface area contributed by atoms with Crippen molar-refractivity contribution in [2.75, 3.05) is 0 Å². The van der Waals surface area contributed by atoms with E-state index in [1.807, 2.05) is 19.1 Å². The molecule has 0 spiro atoms. The fraction of sp³-hybridized carbons (Fsp3) is 0.312. The Morgan fingerprint density at radius 1 is 1.11 bits per heavy atom. The van der Waals surface area contributed by atoms with Gasteiger partial charge in [-0.25, -0.2) is 0 Å². The highest BCUT2D eigenvalue weighted by atomic mass is 28.4. The first-order valence-electron chi connectivity index (χ1n) is 6.48. The Bertz CT molecular complexity index is 637. The Morgan fingerprint density at radius 2 is 1.79 bits per heavy atom. The van der Waals surface area contributed by atoms with Gasteiger partial charge in [-0.3, -0.25) is 0 Å². The zero-order valence-electron chi connectivity index (χ0n) is 11.9. The van der Waals surface area contributed by atoms with Gasteiger partial charge < -0.3 is 4.43 Å². The number of nitrogens with zero attached hydrogens (tertiary/aromatic N) is 1. The minimum absolute atomic E-state index is 0.474. The van der Waals surface area contributed by atoms with Crippen LogP contribution in [0.2, 0.25) is 19.6 Å². The molecule has 0 heterocycles. The second-order valence-electron chi connectivity index (χ2n) is 5.76. The summed E-state index contributed by atoms with van der Waals surface area (Å²) in [6.45, 7) is 8.37. The molecule has 2 aromatic carbocycles. The fourth-order valence-corrected chi connectivity index (χ4v) is 3.13. The topological polar surface area (TPSA) is 33.0 Å². The Kier molecular flexibility index (Phi) is 3.75. The molecule has 3 heteroatoms. The maximum absolute atomic E-state index is 9.47. The van der Waals surface area contributed by atoms with Gasteiger partial charge in [-0.15, -0.1) is 0 Å². The highest BCUT2D eigenvalue weighted by Crippen LogP contribution is 2.31. The summed E-state index contributed by atoms with van der Waals surface area (Å²) in [5.41, 5.74) is 2.13. The van der Waals surface area contributed by atoms with Crippen LogP contribution in [0.3, 0.4) is 0 Å². The first kappa shape index (κ1) is 13.8. The lowest BCUT2D eigenvalue weighted by atomic mass is 9.96. The Morgan fingerprint density at radius 3 is 2.42 bits per heavy atom. The standard InChI is InChI=1S/C16H19NOSi/c1-12-9-10-13-7-5-6-8-14(13)16(12)15(11-17)18-19(2,3)4/h5-10,15H,1-4H3. The molecule has 0 aromatic heterocycles. The Balaban J connectivity index is 2.60. The summed E-state index contributed by atoms with van der Waals surface area (Å²) >= 11 is 0. The van der Waals surface area contributed by atoms with Crippen molar-refractivity contribution < 1.29 is 4.43 Å². The van der Waals surface area contributed by atoms with Crippen molar-refractivity contribution in [3.63, 3.8) is 0 Å². The molecule has 0 radical (unpaired) electrons. The minimum atomic E-state index is -1.76. The third-order valence-corrected chi connectivity index (χ3v) is 3.98. The van der Waals surface area contributed by atoms with Gasteiger partial charge in [0.05, 0.1) is 6.07 Å². The number of nitriles is 1. The first-order valence-corrected chi connectivity index (χ1v) is 9.89.